The molecule has 2 aromatic rings. The molecule has 1 heterocycles. The molecule has 6 nitrogen and oxygen atoms in total. The molecule has 1 aliphatic rings. The highest BCUT2D eigenvalue weighted by atomic mass is 17.2. The molecule has 126 valence electrons. The van der Waals surface area contributed by atoms with Crippen molar-refractivity contribution >= 4 is 11.7 Å². The Morgan fingerprint density at radius 2 is 1.71 bits per heavy atom. The van der Waals surface area contributed by atoms with Gasteiger partial charge < -0.3 is 15.2 Å². The van der Waals surface area contributed by atoms with Crippen molar-refractivity contribution in [2.45, 2.75) is 26.4 Å². The first kappa shape index (κ1) is 16.1. The minimum Gasteiger partial charge on any atom is -0.454 e. The maximum absolute atomic E-state index is 12.0. The van der Waals surface area contributed by atoms with Crippen LogP contribution < -0.4 is 15.2 Å². The van der Waals surface area contributed by atoms with Crippen LogP contribution in [0.25, 0.3) is 11.1 Å². The predicted molar refractivity (Wildman–Crippen MR) is 88.7 cm³/mol. The minimum absolute atomic E-state index is 0.222. The number of nitrogen functional groups attached to an aromatic ring is 1. The molecule has 0 spiro atoms. The molecule has 0 aromatic heterocycles. The Balaban J connectivity index is 1.81. The lowest BCUT2D eigenvalue weighted by Gasteiger charge is -2.17. The molecule has 24 heavy (non-hydrogen) atoms. The first-order valence-electron chi connectivity index (χ1n) is 7.53. The molecule has 0 amide bonds. The summed E-state index contributed by atoms with van der Waals surface area (Å²) in [6, 6.07) is 10.7. The Bertz CT molecular complexity index is 779. The molecule has 0 atom stereocenters. The third-order valence-electron chi connectivity index (χ3n) is 3.34. The average molecular weight is 329 g/mol. The third-order valence-corrected chi connectivity index (χ3v) is 3.34. The van der Waals surface area contributed by atoms with Crippen LogP contribution in [0.5, 0.6) is 11.5 Å². The van der Waals surface area contributed by atoms with Crippen molar-refractivity contribution in [2.24, 2.45) is 0 Å². The van der Waals surface area contributed by atoms with Crippen molar-refractivity contribution in [1.82, 2.24) is 0 Å². The molecule has 2 N–H and O–H groups in total. The molecule has 1 aliphatic heterocycles. The van der Waals surface area contributed by atoms with Crippen LogP contribution in [0, 0.1) is 0 Å². The number of hydrogen-bond acceptors (Lipinski definition) is 6. The van der Waals surface area contributed by atoms with Crippen LogP contribution in [-0.4, -0.2) is 18.4 Å². The summed E-state index contributed by atoms with van der Waals surface area (Å²) < 4.78 is 10.7. The van der Waals surface area contributed by atoms with Crippen molar-refractivity contribution in [3.05, 3.63) is 42.0 Å². The molecule has 0 unspecified atom stereocenters. The largest absolute Gasteiger partial charge is 0.454 e. The second kappa shape index (κ2) is 6.05. The van der Waals surface area contributed by atoms with Gasteiger partial charge in [-0.1, -0.05) is 12.1 Å². The molecular formula is C18H19NO5. The summed E-state index contributed by atoms with van der Waals surface area (Å²) in [5.74, 6) is 0.777. The van der Waals surface area contributed by atoms with E-state index in [0.717, 1.165) is 11.1 Å². The molecule has 0 saturated heterocycles. The van der Waals surface area contributed by atoms with Gasteiger partial charge in [0, 0.05) is 5.69 Å². The Morgan fingerprint density at radius 1 is 1.04 bits per heavy atom. The van der Waals surface area contributed by atoms with Gasteiger partial charge in [0.2, 0.25) is 6.79 Å². The molecule has 0 bridgehead atoms. The second-order valence-corrected chi connectivity index (χ2v) is 6.44. The van der Waals surface area contributed by atoms with Gasteiger partial charge >= 0.3 is 5.97 Å². The van der Waals surface area contributed by atoms with Gasteiger partial charge in [-0.25, -0.2) is 4.79 Å². The van der Waals surface area contributed by atoms with Gasteiger partial charge in [-0.2, -0.15) is 4.89 Å². The number of fused-ring (bicyclic) bond motifs is 1. The van der Waals surface area contributed by atoms with Crippen molar-refractivity contribution in [1.29, 1.82) is 0 Å². The molecule has 0 saturated carbocycles. The summed E-state index contributed by atoms with van der Waals surface area (Å²) in [6.45, 7) is 5.57. The summed E-state index contributed by atoms with van der Waals surface area (Å²) in [5, 5.41) is 0. The molecule has 0 radical (unpaired) electrons. The van der Waals surface area contributed by atoms with E-state index in [0.29, 0.717) is 17.2 Å². The van der Waals surface area contributed by atoms with E-state index in [1.54, 1.807) is 39.0 Å². The van der Waals surface area contributed by atoms with Crippen LogP contribution in [-0.2, 0) is 9.78 Å². The molecular weight excluding hydrogens is 310 g/mol. The summed E-state index contributed by atoms with van der Waals surface area (Å²) in [4.78, 5) is 21.9. The fourth-order valence-electron chi connectivity index (χ4n) is 2.21. The van der Waals surface area contributed by atoms with E-state index in [9.17, 15) is 4.79 Å². The van der Waals surface area contributed by atoms with Gasteiger partial charge in [0.1, 0.15) is 5.60 Å². The van der Waals surface area contributed by atoms with E-state index in [1.165, 1.54) is 0 Å². The van der Waals surface area contributed by atoms with E-state index in [4.69, 9.17) is 25.0 Å². The monoisotopic (exact) mass is 329 g/mol. The molecule has 6 heteroatoms. The quantitative estimate of drug-likeness (QED) is 0.527. The number of carbonyl (C=O) groups is 1. The number of benzene rings is 2. The van der Waals surface area contributed by atoms with Crippen LogP contribution in [0.15, 0.2) is 36.4 Å². The van der Waals surface area contributed by atoms with Gasteiger partial charge in [0.15, 0.2) is 11.5 Å². The third kappa shape index (κ3) is 3.44. The summed E-state index contributed by atoms with van der Waals surface area (Å²) in [6.07, 6.45) is 0. The molecule has 3 rings (SSSR count). The van der Waals surface area contributed by atoms with Crippen LogP contribution in [0.3, 0.4) is 0 Å². The first-order chi connectivity index (χ1) is 11.3. The lowest BCUT2D eigenvalue weighted by Crippen LogP contribution is -2.22. The maximum atomic E-state index is 12.0. The smallest absolute Gasteiger partial charge is 0.375 e. The van der Waals surface area contributed by atoms with E-state index < -0.39 is 11.6 Å². The Kier molecular flexibility index (Phi) is 4.07. The number of nitrogens with two attached hydrogens (primary N) is 1. The van der Waals surface area contributed by atoms with Gasteiger partial charge in [0.25, 0.3) is 0 Å². The van der Waals surface area contributed by atoms with Crippen molar-refractivity contribution in [2.75, 3.05) is 12.5 Å². The fourth-order valence-corrected chi connectivity index (χ4v) is 2.21. The van der Waals surface area contributed by atoms with Crippen molar-refractivity contribution in [3.8, 4) is 22.6 Å². The second-order valence-electron chi connectivity index (χ2n) is 6.44. The average Bonchev–Trinajstić information content (AvgIpc) is 2.99. The van der Waals surface area contributed by atoms with Crippen molar-refractivity contribution < 1.29 is 24.0 Å². The van der Waals surface area contributed by atoms with Gasteiger partial charge in [-0.05, 0) is 56.2 Å². The van der Waals surface area contributed by atoms with Crippen molar-refractivity contribution in [3.63, 3.8) is 0 Å². The number of hydrogen-bond donors (Lipinski definition) is 1. The Morgan fingerprint density at radius 3 is 2.42 bits per heavy atom. The van der Waals surface area contributed by atoms with E-state index >= 15 is 0 Å². The van der Waals surface area contributed by atoms with E-state index in [-0.39, 0.29) is 12.4 Å². The molecule has 0 fully saturated rings. The number of ether oxygens (including phenoxy) is 2. The molecule has 0 aliphatic carbocycles. The zero-order valence-corrected chi connectivity index (χ0v) is 13.8. The summed E-state index contributed by atoms with van der Waals surface area (Å²) >= 11 is 0. The summed E-state index contributed by atoms with van der Waals surface area (Å²) in [5.41, 5.74) is 7.75. The zero-order valence-electron chi connectivity index (χ0n) is 13.8. The minimum atomic E-state index is -0.625. The van der Waals surface area contributed by atoms with Gasteiger partial charge in [-0.3, -0.25) is 4.89 Å². The van der Waals surface area contributed by atoms with Gasteiger partial charge in [-0.15, -0.1) is 0 Å². The van der Waals surface area contributed by atoms with Crippen LogP contribution in [0.1, 0.15) is 31.1 Å². The highest BCUT2D eigenvalue weighted by Gasteiger charge is 2.19. The summed E-state index contributed by atoms with van der Waals surface area (Å²) in [7, 11) is 0. The standard InChI is InChI=1S/C18H19NO5/c1-18(2,3)24-23-17(20)13-6-4-11(8-14(13)19)12-5-7-15-16(9-12)22-10-21-15/h4-9H,10,19H2,1-3H3. The van der Waals surface area contributed by atoms with Crippen LogP contribution >= 0.6 is 0 Å². The predicted octanol–water partition coefficient (Wildman–Crippen LogP) is 3.55. The molecule has 2 aromatic carbocycles. The number of anilines is 1. The van der Waals surface area contributed by atoms with E-state index in [2.05, 4.69) is 0 Å². The fraction of sp³-hybridized carbons (Fsp3) is 0.278. The highest BCUT2D eigenvalue weighted by Crippen LogP contribution is 2.36. The maximum Gasteiger partial charge on any atom is 0.375 e. The number of rotatable bonds is 3. The van der Waals surface area contributed by atoms with Crippen LogP contribution in [0.4, 0.5) is 5.69 Å². The SMILES string of the molecule is CC(C)(C)OOC(=O)c1ccc(-c2ccc3c(c2)OCO3)cc1N. The van der Waals surface area contributed by atoms with Gasteiger partial charge in [0.05, 0.1) is 5.56 Å². The van der Waals surface area contributed by atoms with Crippen LogP contribution in [0.2, 0.25) is 0 Å². The number of carbonyl (C=O) groups excluding carboxylic acids is 1. The lowest BCUT2D eigenvalue weighted by molar-refractivity contribution is -0.301. The Labute approximate surface area is 140 Å². The lowest BCUT2D eigenvalue weighted by atomic mass is 10.0. The topological polar surface area (TPSA) is 80.0 Å². The Hall–Kier alpha value is -2.73. The van der Waals surface area contributed by atoms with E-state index in [1.807, 2.05) is 18.2 Å². The zero-order chi connectivity index (χ0) is 17.3. The first-order valence-corrected chi connectivity index (χ1v) is 7.53. The normalized spacial score (nSPS) is 13.0. The highest BCUT2D eigenvalue weighted by molar-refractivity contribution is 5.95.